The Kier molecular flexibility index (Phi) is 5.93. The van der Waals surface area contributed by atoms with Gasteiger partial charge in [0.2, 0.25) is 5.89 Å². The van der Waals surface area contributed by atoms with Gasteiger partial charge in [-0.05, 0) is 6.42 Å². The van der Waals surface area contributed by atoms with Gasteiger partial charge in [0.05, 0.1) is 13.2 Å². The molecule has 6 nitrogen and oxygen atoms in total. The molecule has 0 atom stereocenters. The van der Waals surface area contributed by atoms with E-state index in [1.165, 1.54) is 0 Å². The van der Waals surface area contributed by atoms with Crippen molar-refractivity contribution in [1.29, 1.82) is 0 Å². The van der Waals surface area contributed by atoms with Crippen LogP contribution in [0.4, 0.5) is 6.01 Å². The average Bonchev–Trinajstić information content (AvgIpc) is 2.74. The summed E-state index contributed by atoms with van der Waals surface area (Å²) in [5.41, 5.74) is 0. The van der Waals surface area contributed by atoms with E-state index in [2.05, 4.69) is 36.3 Å². The van der Waals surface area contributed by atoms with Crippen molar-refractivity contribution in [3.05, 3.63) is 5.89 Å². The van der Waals surface area contributed by atoms with Gasteiger partial charge in [-0.1, -0.05) is 25.9 Å². The third kappa shape index (κ3) is 4.70. The van der Waals surface area contributed by atoms with E-state index >= 15 is 0 Å². The molecule has 0 aliphatic heterocycles. The third-order valence-electron chi connectivity index (χ3n) is 2.25. The van der Waals surface area contributed by atoms with Crippen LogP contribution < -0.4 is 10.2 Å². The summed E-state index contributed by atoms with van der Waals surface area (Å²) in [4.78, 5) is 1.89. The summed E-state index contributed by atoms with van der Waals surface area (Å²) in [6.45, 7) is 8.18. The fourth-order valence-electron chi connectivity index (χ4n) is 1.43. The molecule has 98 valence electrons. The quantitative estimate of drug-likeness (QED) is 0.701. The van der Waals surface area contributed by atoms with Gasteiger partial charge in [-0.15, -0.1) is 5.10 Å². The SMILES string of the molecule is CCCN(CCO)c1nnc(CNC(C)C)o1. The summed E-state index contributed by atoms with van der Waals surface area (Å²) in [5, 5.41) is 20.1. The molecule has 0 unspecified atom stereocenters. The number of rotatable bonds is 8. The van der Waals surface area contributed by atoms with Crippen LogP contribution in [0.5, 0.6) is 0 Å². The molecule has 1 aromatic rings. The molecule has 0 aliphatic rings. The molecule has 0 aliphatic carbocycles. The Bertz CT molecular complexity index is 308. The number of anilines is 1. The van der Waals surface area contributed by atoms with Crippen LogP contribution in [0.3, 0.4) is 0 Å². The van der Waals surface area contributed by atoms with Gasteiger partial charge in [-0.25, -0.2) is 0 Å². The highest BCUT2D eigenvalue weighted by atomic mass is 16.4. The lowest BCUT2D eigenvalue weighted by Crippen LogP contribution is -2.27. The van der Waals surface area contributed by atoms with Crippen molar-refractivity contribution in [3.8, 4) is 0 Å². The summed E-state index contributed by atoms with van der Waals surface area (Å²) in [6, 6.07) is 0.871. The first-order valence-corrected chi connectivity index (χ1v) is 6.09. The lowest BCUT2D eigenvalue weighted by Gasteiger charge is -2.17. The molecular weight excluding hydrogens is 220 g/mol. The van der Waals surface area contributed by atoms with Crippen LogP contribution >= 0.6 is 0 Å². The summed E-state index contributed by atoms with van der Waals surface area (Å²) in [5.74, 6) is 0.577. The number of nitrogens with one attached hydrogen (secondary N) is 1. The van der Waals surface area contributed by atoms with Crippen LogP contribution in [0.2, 0.25) is 0 Å². The minimum atomic E-state index is 0.0853. The molecule has 1 rings (SSSR count). The van der Waals surface area contributed by atoms with Crippen LogP contribution in [0.1, 0.15) is 33.1 Å². The summed E-state index contributed by atoms with van der Waals surface area (Å²) in [6.07, 6.45) is 0.974. The Balaban J connectivity index is 2.57. The van der Waals surface area contributed by atoms with E-state index in [1.807, 2.05) is 4.90 Å². The maximum absolute atomic E-state index is 8.96. The molecule has 0 spiro atoms. The molecule has 1 heterocycles. The Morgan fingerprint density at radius 2 is 2.12 bits per heavy atom. The number of nitrogens with zero attached hydrogens (tertiary/aromatic N) is 3. The summed E-state index contributed by atoms with van der Waals surface area (Å²) < 4.78 is 5.53. The fraction of sp³-hybridized carbons (Fsp3) is 0.818. The van der Waals surface area contributed by atoms with E-state index < -0.39 is 0 Å². The largest absolute Gasteiger partial charge is 0.407 e. The Morgan fingerprint density at radius 1 is 1.35 bits per heavy atom. The molecule has 0 saturated carbocycles. The van der Waals surface area contributed by atoms with Crippen molar-refractivity contribution in [2.75, 3.05) is 24.6 Å². The minimum absolute atomic E-state index is 0.0853. The van der Waals surface area contributed by atoms with Crippen LogP contribution in [0.15, 0.2) is 4.42 Å². The van der Waals surface area contributed by atoms with Gasteiger partial charge in [0.25, 0.3) is 0 Å². The topological polar surface area (TPSA) is 74.4 Å². The molecule has 0 saturated heterocycles. The van der Waals surface area contributed by atoms with Crippen molar-refractivity contribution in [3.63, 3.8) is 0 Å². The van der Waals surface area contributed by atoms with Gasteiger partial charge in [-0.2, -0.15) is 0 Å². The molecule has 0 amide bonds. The minimum Gasteiger partial charge on any atom is -0.407 e. The standard InChI is InChI=1S/C11H22N4O2/c1-4-5-15(6-7-16)11-14-13-10(17-11)8-12-9(2)3/h9,12,16H,4-8H2,1-3H3. The van der Waals surface area contributed by atoms with E-state index in [1.54, 1.807) is 0 Å². The van der Waals surface area contributed by atoms with E-state index in [0.29, 0.717) is 31.0 Å². The first kappa shape index (κ1) is 13.9. The first-order chi connectivity index (χ1) is 8.17. The van der Waals surface area contributed by atoms with Gasteiger partial charge < -0.3 is 19.7 Å². The van der Waals surface area contributed by atoms with Gasteiger partial charge in [-0.3, -0.25) is 0 Å². The van der Waals surface area contributed by atoms with Crippen molar-refractivity contribution >= 4 is 6.01 Å². The van der Waals surface area contributed by atoms with Crippen molar-refractivity contribution in [2.45, 2.75) is 39.8 Å². The number of aliphatic hydroxyl groups excluding tert-OH is 1. The van der Waals surface area contributed by atoms with Crippen LogP contribution in [-0.4, -0.2) is 41.0 Å². The van der Waals surface area contributed by atoms with Crippen molar-refractivity contribution in [1.82, 2.24) is 15.5 Å². The molecule has 0 fully saturated rings. The first-order valence-electron chi connectivity index (χ1n) is 6.09. The second-order valence-electron chi connectivity index (χ2n) is 4.22. The predicted octanol–water partition coefficient (Wildman–Crippen LogP) is 0.776. The summed E-state index contributed by atoms with van der Waals surface area (Å²) >= 11 is 0. The van der Waals surface area contributed by atoms with Crippen LogP contribution in [-0.2, 0) is 6.54 Å². The van der Waals surface area contributed by atoms with Gasteiger partial charge >= 0.3 is 6.01 Å². The Labute approximate surface area is 102 Å². The Hall–Kier alpha value is -1.14. The normalized spacial score (nSPS) is 11.1. The highest BCUT2D eigenvalue weighted by Crippen LogP contribution is 2.12. The van der Waals surface area contributed by atoms with E-state index in [0.717, 1.165) is 13.0 Å². The van der Waals surface area contributed by atoms with Crippen molar-refractivity contribution < 1.29 is 9.52 Å². The molecule has 6 heteroatoms. The second kappa shape index (κ2) is 7.24. The van der Waals surface area contributed by atoms with Crippen molar-refractivity contribution in [2.24, 2.45) is 0 Å². The van der Waals surface area contributed by atoms with E-state index in [-0.39, 0.29) is 6.61 Å². The maximum Gasteiger partial charge on any atom is 0.318 e. The number of aliphatic hydroxyl groups is 1. The van der Waals surface area contributed by atoms with Gasteiger partial charge in [0.1, 0.15) is 0 Å². The number of hydrogen-bond acceptors (Lipinski definition) is 6. The zero-order chi connectivity index (χ0) is 12.7. The monoisotopic (exact) mass is 242 g/mol. The fourth-order valence-corrected chi connectivity index (χ4v) is 1.43. The molecule has 0 aromatic carbocycles. The smallest absolute Gasteiger partial charge is 0.318 e. The molecule has 17 heavy (non-hydrogen) atoms. The third-order valence-corrected chi connectivity index (χ3v) is 2.25. The lowest BCUT2D eigenvalue weighted by molar-refractivity contribution is 0.298. The van der Waals surface area contributed by atoms with Gasteiger partial charge in [0.15, 0.2) is 0 Å². The molecular formula is C11H22N4O2. The van der Waals surface area contributed by atoms with Crippen LogP contribution in [0, 0.1) is 0 Å². The number of aromatic nitrogens is 2. The Morgan fingerprint density at radius 3 is 2.71 bits per heavy atom. The highest BCUT2D eigenvalue weighted by Gasteiger charge is 2.13. The van der Waals surface area contributed by atoms with E-state index in [9.17, 15) is 0 Å². The van der Waals surface area contributed by atoms with Crippen LogP contribution in [0.25, 0.3) is 0 Å². The average molecular weight is 242 g/mol. The molecule has 1 aromatic heterocycles. The zero-order valence-corrected chi connectivity index (χ0v) is 10.8. The number of hydrogen-bond donors (Lipinski definition) is 2. The second-order valence-corrected chi connectivity index (χ2v) is 4.22. The maximum atomic E-state index is 8.96. The van der Waals surface area contributed by atoms with Gasteiger partial charge in [0, 0.05) is 19.1 Å². The molecule has 0 radical (unpaired) electrons. The predicted molar refractivity (Wildman–Crippen MR) is 65.9 cm³/mol. The summed E-state index contributed by atoms with van der Waals surface area (Å²) in [7, 11) is 0. The molecule has 2 N–H and O–H groups in total. The molecule has 0 bridgehead atoms. The lowest BCUT2D eigenvalue weighted by atomic mass is 10.4. The van der Waals surface area contributed by atoms with E-state index in [4.69, 9.17) is 9.52 Å². The zero-order valence-electron chi connectivity index (χ0n) is 10.8. The highest BCUT2D eigenvalue weighted by molar-refractivity contribution is 5.23.